The molecule has 1 aliphatic carbocycles. The van der Waals surface area contributed by atoms with Crippen LogP contribution in [0.15, 0.2) is 30.4 Å². The van der Waals surface area contributed by atoms with Gasteiger partial charge in [-0.25, -0.2) is 17.5 Å². The van der Waals surface area contributed by atoms with Crippen LogP contribution in [-0.2, 0) is 10.0 Å². The van der Waals surface area contributed by atoms with Crippen LogP contribution in [-0.4, -0.2) is 20.8 Å². The molecule has 27 heavy (non-hydrogen) atoms. The Labute approximate surface area is 163 Å². The highest BCUT2D eigenvalue weighted by atomic mass is 32.2. The van der Waals surface area contributed by atoms with Crippen molar-refractivity contribution in [1.82, 2.24) is 4.72 Å². The summed E-state index contributed by atoms with van der Waals surface area (Å²) >= 11 is 0. The Morgan fingerprint density at radius 1 is 1.30 bits per heavy atom. The van der Waals surface area contributed by atoms with Crippen LogP contribution in [0, 0.1) is 17.2 Å². The van der Waals surface area contributed by atoms with Crippen molar-refractivity contribution in [2.24, 2.45) is 11.3 Å². The van der Waals surface area contributed by atoms with Crippen molar-refractivity contribution in [2.75, 3.05) is 12.4 Å². The Hall–Kier alpha value is -1.40. The van der Waals surface area contributed by atoms with E-state index in [1.165, 1.54) is 6.07 Å². The van der Waals surface area contributed by atoms with Gasteiger partial charge in [0.05, 0.1) is 12.4 Å². The van der Waals surface area contributed by atoms with Gasteiger partial charge in [0.2, 0.25) is 10.0 Å². The van der Waals surface area contributed by atoms with Crippen molar-refractivity contribution in [3.8, 4) is 5.75 Å². The molecule has 152 valence electrons. The van der Waals surface area contributed by atoms with Crippen LogP contribution in [0.5, 0.6) is 5.75 Å². The molecule has 0 aliphatic heterocycles. The van der Waals surface area contributed by atoms with E-state index in [1.807, 2.05) is 12.2 Å². The predicted molar refractivity (Wildman–Crippen MR) is 108 cm³/mol. The molecular formula is C21H32FNO3S. The molecule has 0 saturated heterocycles. The number of allylic oxidation sites excluding steroid dienone is 2. The van der Waals surface area contributed by atoms with Crippen molar-refractivity contribution in [3.63, 3.8) is 0 Å². The highest BCUT2D eigenvalue weighted by Crippen LogP contribution is 2.31. The number of sulfonamides is 1. The number of benzene rings is 1. The lowest BCUT2D eigenvalue weighted by atomic mass is 9.92. The largest absolute Gasteiger partial charge is 0.490 e. The molecule has 1 N–H and O–H groups in total. The molecule has 1 aromatic rings. The molecule has 6 heteroatoms. The first kappa shape index (κ1) is 21.9. The smallest absolute Gasteiger partial charge is 0.212 e. The average Bonchev–Trinajstić information content (AvgIpc) is 3.36. The van der Waals surface area contributed by atoms with E-state index in [2.05, 4.69) is 25.5 Å². The number of rotatable bonds is 10. The maximum Gasteiger partial charge on any atom is 0.212 e. The third kappa shape index (κ3) is 8.43. The lowest BCUT2D eigenvalue weighted by Crippen LogP contribution is -2.29. The third-order valence-electron chi connectivity index (χ3n) is 4.43. The minimum atomic E-state index is -3.42. The predicted octanol–water partition coefficient (Wildman–Crippen LogP) is 4.98. The fraction of sp³-hybridized carbons (Fsp3) is 0.619. The molecule has 0 amide bonds. The fourth-order valence-electron chi connectivity index (χ4n) is 2.57. The Morgan fingerprint density at radius 3 is 2.63 bits per heavy atom. The molecule has 2 rings (SSSR count). The maximum absolute atomic E-state index is 13.9. The SMILES string of the molecule is C[C@@H](NS(=O)(=O)CC/C=C\CC(C)(C)C)c1ccc(F)c(OCC2CC2)c1. The lowest BCUT2D eigenvalue weighted by molar-refractivity contribution is 0.285. The molecule has 0 spiro atoms. The van der Waals surface area contributed by atoms with E-state index in [0.717, 1.165) is 19.3 Å². The van der Waals surface area contributed by atoms with Crippen LogP contribution in [0.4, 0.5) is 4.39 Å². The van der Waals surface area contributed by atoms with E-state index in [4.69, 9.17) is 4.74 Å². The zero-order chi connectivity index (χ0) is 20.1. The van der Waals surface area contributed by atoms with Crippen molar-refractivity contribution in [2.45, 2.75) is 59.4 Å². The van der Waals surface area contributed by atoms with Crippen LogP contribution in [0.1, 0.15) is 65.0 Å². The van der Waals surface area contributed by atoms with Gasteiger partial charge in [-0.2, -0.15) is 0 Å². The fourth-order valence-corrected chi connectivity index (χ4v) is 3.81. The molecule has 1 aliphatic rings. The van der Waals surface area contributed by atoms with E-state index in [0.29, 0.717) is 24.5 Å². The topological polar surface area (TPSA) is 55.4 Å². The first-order chi connectivity index (χ1) is 12.6. The van der Waals surface area contributed by atoms with Crippen LogP contribution in [0.2, 0.25) is 0 Å². The number of hydrogen-bond donors (Lipinski definition) is 1. The van der Waals surface area contributed by atoms with Crippen molar-refractivity contribution < 1.29 is 17.5 Å². The Balaban J connectivity index is 1.88. The summed E-state index contributed by atoms with van der Waals surface area (Å²) in [6.45, 7) is 8.69. The van der Waals surface area contributed by atoms with Gasteiger partial charge in [-0.3, -0.25) is 0 Å². The highest BCUT2D eigenvalue weighted by molar-refractivity contribution is 7.89. The second-order valence-electron chi connectivity index (χ2n) is 8.63. The Morgan fingerprint density at radius 2 is 2.00 bits per heavy atom. The minimum absolute atomic E-state index is 0.0320. The molecule has 4 nitrogen and oxygen atoms in total. The second-order valence-corrected chi connectivity index (χ2v) is 10.5. The molecule has 0 radical (unpaired) electrons. The summed E-state index contributed by atoms with van der Waals surface area (Å²) in [5, 5.41) is 0. The van der Waals surface area contributed by atoms with Crippen LogP contribution < -0.4 is 9.46 Å². The van der Waals surface area contributed by atoms with E-state index in [9.17, 15) is 12.8 Å². The summed E-state index contributed by atoms with van der Waals surface area (Å²) in [5.41, 5.74) is 0.887. The molecule has 0 heterocycles. The van der Waals surface area contributed by atoms with Gasteiger partial charge < -0.3 is 4.74 Å². The molecule has 1 fully saturated rings. The van der Waals surface area contributed by atoms with Crippen molar-refractivity contribution in [3.05, 3.63) is 41.7 Å². The molecule has 1 atom stereocenters. The monoisotopic (exact) mass is 397 g/mol. The van der Waals surface area contributed by atoms with E-state index in [1.54, 1.807) is 19.1 Å². The molecule has 0 unspecified atom stereocenters. The minimum Gasteiger partial charge on any atom is -0.490 e. The number of hydrogen-bond acceptors (Lipinski definition) is 3. The summed E-state index contributed by atoms with van der Waals surface area (Å²) in [6, 6.07) is 4.07. The number of nitrogens with one attached hydrogen (secondary N) is 1. The molecular weight excluding hydrogens is 365 g/mol. The highest BCUT2D eigenvalue weighted by Gasteiger charge is 2.23. The average molecular weight is 398 g/mol. The standard InChI is InChI=1S/C21H32FNO3S/c1-16(23-27(24,25)13-7-5-6-12-21(2,3)4)18-10-11-19(22)20(14-18)26-15-17-8-9-17/h5-6,10-11,14,16-17,23H,7-9,12-13,15H2,1-4H3/b6-5-/t16-/m1/s1. The van der Waals surface area contributed by atoms with Crippen LogP contribution >= 0.6 is 0 Å². The summed E-state index contributed by atoms with van der Waals surface area (Å²) in [4.78, 5) is 0. The van der Waals surface area contributed by atoms with Gasteiger partial charge in [0.1, 0.15) is 0 Å². The summed E-state index contributed by atoms with van der Waals surface area (Å²) in [5.74, 6) is 0.328. The quantitative estimate of drug-likeness (QED) is 0.567. The van der Waals surface area contributed by atoms with Crippen molar-refractivity contribution >= 4 is 10.0 Å². The normalized spacial score (nSPS) is 16.6. The summed E-state index contributed by atoms with van der Waals surface area (Å²) in [6.07, 6.45) is 7.58. The Kier molecular flexibility index (Phi) is 7.46. The lowest BCUT2D eigenvalue weighted by Gasteiger charge is -2.16. The van der Waals surface area contributed by atoms with Gasteiger partial charge in [0, 0.05) is 6.04 Å². The maximum atomic E-state index is 13.9. The summed E-state index contributed by atoms with van der Waals surface area (Å²) in [7, 11) is -3.42. The van der Waals surface area contributed by atoms with Gasteiger partial charge in [-0.1, -0.05) is 39.0 Å². The van der Waals surface area contributed by atoms with Gasteiger partial charge in [0.25, 0.3) is 0 Å². The van der Waals surface area contributed by atoms with E-state index in [-0.39, 0.29) is 16.9 Å². The first-order valence-electron chi connectivity index (χ1n) is 9.63. The molecule has 0 bridgehead atoms. The number of ether oxygens (including phenoxy) is 1. The number of halogens is 1. The van der Waals surface area contributed by atoms with Gasteiger partial charge in [-0.15, -0.1) is 0 Å². The Bertz CT molecular complexity index is 749. The third-order valence-corrected chi connectivity index (χ3v) is 5.92. The van der Waals surface area contributed by atoms with Gasteiger partial charge in [-0.05, 0) is 61.6 Å². The van der Waals surface area contributed by atoms with Crippen molar-refractivity contribution in [1.29, 1.82) is 0 Å². The summed E-state index contributed by atoms with van der Waals surface area (Å²) < 4.78 is 46.7. The zero-order valence-corrected chi connectivity index (χ0v) is 17.6. The molecule has 0 aromatic heterocycles. The zero-order valence-electron chi connectivity index (χ0n) is 16.8. The molecule has 1 aromatic carbocycles. The van der Waals surface area contributed by atoms with E-state index >= 15 is 0 Å². The first-order valence-corrected chi connectivity index (χ1v) is 11.3. The van der Waals surface area contributed by atoms with Crippen LogP contribution in [0.25, 0.3) is 0 Å². The van der Waals surface area contributed by atoms with Crippen LogP contribution in [0.3, 0.4) is 0 Å². The van der Waals surface area contributed by atoms with Gasteiger partial charge in [0.15, 0.2) is 11.6 Å². The van der Waals surface area contributed by atoms with E-state index < -0.39 is 21.9 Å². The molecule has 1 saturated carbocycles. The van der Waals surface area contributed by atoms with Gasteiger partial charge >= 0.3 is 0 Å². The second kappa shape index (κ2) is 9.20.